The Morgan fingerprint density at radius 2 is 1.74 bits per heavy atom. The number of rotatable bonds is 7. The molecule has 1 amide bonds. The van der Waals surface area contributed by atoms with Crippen molar-refractivity contribution in [1.82, 2.24) is 15.1 Å². The van der Waals surface area contributed by atoms with Crippen LogP contribution in [0.15, 0.2) is 53.3 Å². The van der Waals surface area contributed by atoms with Crippen molar-refractivity contribution in [2.75, 3.05) is 7.11 Å². The number of carbonyl (C=O) groups is 2. The molecule has 3 aromatic rings. The van der Waals surface area contributed by atoms with E-state index in [-0.39, 0.29) is 29.3 Å². The third-order valence-electron chi connectivity index (χ3n) is 4.79. The molecule has 0 aliphatic rings. The van der Waals surface area contributed by atoms with Crippen LogP contribution in [-0.4, -0.2) is 39.9 Å². The second kappa shape index (κ2) is 9.42. The molecule has 3 rings (SSSR count). The van der Waals surface area contributed by atoms with Crippen LogP contribution in [0.2, 0.25) is 0 Å². The van der Waals surface area contributed by atoms with Crippen molar-refractivity contribution >= 4 is 22.6 Å². The largest absolute Gasteiger partial charge is 0.508 e. The Balaban J connectivity index is 1.97. The van der Waals surface area contributed by atoms with Gasteiger partial charge in [-0.3, -0.25) is 9.59 Å². The normalized spacial score (nSPS) is 12.0. The van der Waals surface area contributed by atoms with E-state index in [2.05, 4.69) is 10.4 Å². The maximum Gasteiger partial charge on any atom is 0.328 e. The zero-order valence-electron chi connectivity index (χ0n) is 17.7. The number of carbonyl (C=O) groups excluding carboxylic acids is 2. The number of hydrogen-bond acceptors (Lipinski definition) is 6. The number of benzene rings is 2. The van der Waals surface area contributed by atoms with Crippen LogP contribution in [0.5, 0.6) is 5.75 Å². The molecule has 0 saturated heterocycles. The number of esters is 1. The summed E-state index contributed by atoms with van der Waals surface area (Å²) in [5, 5.41) is 17.2. The average molecular weight is 423 g/mol. The summed E-state index contributed by atoms with van der Waals surface area (Å²) >= 11 is 0. The van der Waals surface area contributed by atoms with Crippen LogP contribution in [0.3, 0.4) is 0 Å². The minimum Gasteiger partial charge on any atom is -0.508 e. The highest BCUT2D eigenvalue weighted by Crippen LogP contribution is 2.16. The first-order valence-corrected chi connectivity index (χ1v) is 9.96. The second-order valence-corrected chi connectivity index (χ2v) is 7.70. The molecule has 0 saturated carbocycles. The van der Waals surface area contributed by atoms with Crippen molar-refractivity contribution < 1.29 is 19.4 Å². The molecule has 0 unspecified atom stereocenters. The monoisotopic (exact) mass is 423 g/mol. The molecule has 2 aromatic carbocycles. The topological polar surface area (TPSA) is 111 Å². The molecule has 1 atom stereocenters. The van der Waals surface area contributed by atoms with Gasteiger partial charge >= 0.3 is 5.97 Å². The molecule has 0 radical (unpaired) electrons. The van der Waals surface area contributed by atoms with Crippen LogP contribution in [0, 0.1) is 5.92 Å². The van der Waals surface area contributed by atoms with E-state index in [0.29, 0.717) is 17.3 Å². The van der Waals surface area contributed by atoms with Gasteiger partial charge in [0, 0.05) is 18.4 Å². The van der Waals surface area contributed by atoms with E-state index in [9.17, 15) is 19.5 Å². The van der Waals surface area contributed by atoms with Crippen LogP contribution in [0.1, 0.15) is 29.9 Å². The summed E-state index contributed by atoms with van der Waals surface area (Å²) in [6.07, 6.45) is 0.169. The minimum absolute atomic E-state index is 0.0652. The Bertz CT molecular complexity index is 1150. The summed E-state index contributed by atoms with van der Waals surface area (Å²) in [6.45, 7) is 4.26. The molecule has 0 spiro atoms. The summed E-state index contributed by atoms with van der Waals surface area (Å²) in [4.78, 5) is 38.2. The Hall–Kier alpha value is -3.68. The molecule has 1 aromatic heterocycles. The summed E-state index contributed by atoms with van der Waals surface area (Å²) < 4.78 is 6.14. The Kier molecular flexibility index (Phi) is 6.69. The number of aromatic hydroxyl groups is 1. The van der Waals surface area contributed by atoms with Gasteiger partial charge in [-0.05, 0) is 29.7 Å². The fourth-order valence-electron chi connectivity index (χ4n) is 3.30. The van der Waals surface area contributed by atoms with E-state index in [1.54, 1.807) is 36.4 Å². The first-order valence-electron chi connectivity index (χ1n) is 9.96. The standard InChI is InChI=1S/C23H25N3O5/c1-14(2)13-26-22(29)18-7-5-4-6-17(18)20(25-26)21(28)24-19(23(30)31-3)12-15-8-10-16(27)11-9-15/h4-11,14,19,27H,12-13H2,1-3H3,(H,24,28)/t19-/m1/s1. The van der Waals surface area contributed by atoms with Crippen LogP contribution >= 0.6 is 0 Å². The van der Waals surface area contributed by atoms with Crippen LogP contribution in [0.25, 0.3) is 10.8 Å². The van der Waals surface area contributed by atoms with Gasteiger partial charge in [-0.15, -0.1) is 0 Å². The van der Waals surface area contributed by atoms with Gasteiger partial charge in [0.15, 0.2) is 5.69 Å². The highest BCUT2D eigenvalue weighted by atomic mass is 16.5. The Morgan fingerprint density at radius 3 is 2.35 bits per heavy atom. The predicted molar refractivity (Wildman–Crippen MR) is 116 cm³/mol. The highest BCUT2D eigenvalue weighted by molar-refractivity contribution is 6.05. The minimum atomic E-state index is -0.965. The molecule has 0 fully saturated rings. The maximum atomic E-state index is 13.1. The van der Waals surface area contributed by atoms with Gasteiger partial charge in [-0.2, -0.15) is 5.10 Å². The van der Waals surface area contributed by atoms with Crippen molar-refractivity contribution in [1.29, 1.82) is 0 Å². The first-order chi connectivity index (χ1) is 14.8. The number of fused-ring (bicyclic) bond motifs is 1. The number of phenols is 1. The van der Waals surface area contributed by atoms with E-state index >= 15 is 0 Å². The quantitative estimate of drug-likeness (QED) is 0.564. The van der Waals surface area contributed by atoms with Crippen molar-refractivity contribution in [3.8, 4) is 5.75 Å². The average Bonchev–Trinajstić information content (AvgIpc) is 2.75. The first kappa shape index (κ1) is 22.0. The molecule has 1 heterocycles. The van der Waals surface area contributed by atoms with Gasteiger partial charge in [-0.1, -0.05) is 44.2 Å². The molecule has 8 heteroatoms. The molecule has 2 N–H and O–H groups in total. The number of aromatic nitrogens is 2. The van der Waals surface area contributed by atoms with E-state index in [0.717, 1.165) is 5.56 Å². The van der Waals surface area contributed by atoms with Crippen LogP contribution in [-0.2, 0) is 22.5 Å². The summed E-state index contributed by atoms with van der Waals surface area (Å²) in [7, 11) is 1.24. The SMILES string of the molecule is COC(=O)[C@@H](Cc1ccc(O)cc1)NC(=O)c1nn(CC(C)C)c(=O)c2ccccc12. The van der Waals surface area contributed by atoms with Crippen molar-refractivity contribution in [3.63, 3.8) is 0 Å². The lowest BCUT2D eigenvalue weighted by Crippen LogP contribution is -2.44. The van der Waals surface area contributed by atoms with Crippen LogP contribution in [0.4, 0.5) is 0 Å². The summed E-state index contributed by atoms with van der Waals surface area (Å²) in [5.74, 6) is -0.936. The van der Waals surface area contributed by atoms with Crippen molar-refractivity contribution in [3.05, 3.63) is 70.1 Å². The lowest BCUT2D eigenvalue weighted by atomic mass is 10.0. The second-order valence-electron chi connectivity index (χ2n) is 7.70. The molecular formula is C23H25N3O5. The van der Waals surface area contributed by atoms with Gasteiger partial charge in [0.05, 0.1) is 12.5 Å². The molecule has 0 aliphatic heterocycles. The summed E-state index contributed by atoms with van der Waals surface area (Å²) in [5.41, 5.74) is 0.529. The van der Waals surface area contributed by atoms with Gasteiger partial charge in [-0.25, -0.2) is 9.48 Å². The number of hydrogen-bond donors (Lipinski definition) is 2. The highest BCUT2D eigenvalue weighted by Gasteiger charge is 2.25. The zero-order chi connectivity index (χ0) is 22.5. The number of phenolic OH excluding ortho intramolecular Hbond substituents is 1. The van der Waals surface area contributed by atoms with Gasteiger partial charge in [0.25, 0.3) is 11.5 Å². The molecule has 0 bridgehead atoms. The third kappa shape index (κ3) is 5.09. The van der Waals surface area contributed by atoms with Crippen molar-refractivity contribution in [2.24, 2.45) is 5.92 Å². The van der Waals surface area contributed by atoms with Gasteiger partial charge in [0.2, 0.25) is 0 Å². The van der Waals surface area contributed by atoms with E-state index in [4.69, 9.17) is 4.74 Å². The predicted octanol–water partition coefficient (Wildman–Crippen LogP) is 2.27. The maximum absolute atomic E-state index is 13.1. The number of nitrogens with zero attached hydrogens (tertiary/aromatic N) is 2. The number of nitrogens with one attached hydrogen (secondary N) is 1. The molecular weight excluding hydrogens is 398 g/mol. The molecule has 31 heavy (non-hydrogen) atoms. The fraction of sp³-hybridized carbons (Fsp3) is 0.304. The number of methoxy groups -OCH3 is 1. The van der Waals surface area contributed by atoms with E-state index in [1.165, 1.54) is 23.9 Å². The van der Waals surface area contributed by atoms with E-state index in [1.807, 2.05) is 13.8 Å². The van der Waals surface area contributed by atoms with Crippen molar-refractivity contribution in [2.45, 2.75) is 32.9 Å². The van der Waals surface area contributed by atoms with Crippen LogP contribution < -0.4 is 10.9 Å². The zero-order valence-corrected chi connectivity index (χ0v) is 17.7. The molecule has 0 aliphatic carbocycles. The van der Waals surface area contributed by atoms with Gasteiger partial charge in [0.1, 0.15) is 11.8 Å². The molecule has 162 valence electrons. The van der Waals surface area contributed by atoms with E-state index < -0.39 is 17.9 Å². The Labute approximate surface area is 179 Å². The van der Waals surface area contributed by atoms with Gasteiger partial charge < -0.3 is 15.2 Å². The fourth-order valence-corrected chi connectivity index (χ4v) is 3.30. The summed E-state index contributed by atoms with van der Waals surface area (Å²) in [6, 6.07) is 12.1. The Morgan fingerprint density at radius 1 is 1.10 bits per heavy atom. The number of ether oxygens (including phenoxy) is 1. The smallest absolute Gasteiger partial charge is 0.328 e. The lowest BCUT2D eigenvalue weighted by Gasteiger charge is -2.18. The lowest BCUT2D eigenvalue weighted by molar-refractivity contribution is -0.142. The number of amides is 1. The third-order valence-corrected chi connectivity index (χ3v) is 4.79. The molecule has 8 nitrogen and oxygen atoms in total.